The number of hydrogen-bond acceptors (Lipinski definition) is 5. The molecule has 0 fully saturated rings. The number of nitrogens with two attached hydrogens (primary N) is 2. The van der Waals surface area contributed by atoms with Crippen LogP contribution >= 0.6 is 22.9 Å². The fourth-order valence-corrected chi connectivity index (χ4v) is 5.31. The molecule has 0 amide bonds. The molecule has 0 aromatic rings. The summed E-state index contributed by atoms with van der Waals surface area (Å²) < 4.78 is 4.23. The first-order chi connectivity index (χ1) is 9.14. The molecule has 124 valence electrons. The van der Waals surface area contributed by atoms with Gasteiger partial charge in [-0.2, -0.15) is 0 Å². The molecular weight excluding hydrogens is 484 g/mol. The van der Waals surface area contributed by atoms with Gasteiger partial charge in [0.25, 0.3) is 0 Å². The van der Waals surface area contributed by atoms with Crippen molar-refractivity contribution in [1.29, 1.82) is 0 Å². The van der Waals surface area contributed by atoms with Gasteiger partial charge in [0.15, 0.2) is 0 Å². The molecule has 0 aliphatic heterocycles. The van der Waals surface area contributed by atoms with Gasteiger partial charge >= 0.3 is 149 Å². The van der Waals surface area contributed by atoms with Crippen LogP contribution in [0.5, 0.6) is 0 Å². The second kappa shape index (κ2) is 8.75. The van der Waals surface area contributed by atoms with Gasteiger partial charge in [-0.1, -0.05) is 0 Å². The Bertz CT molecular complexity index is 291. The second-order valence-corrected chi connectivity index (χ2v) is 9.04. The Kier molecular flexibility index (Phi) is 9.28. The van der Waals surface area contributed by atoms with Gasteiger partial charge in [0.2, 0.25) is 0 Å². The molecule has 0 aromatic heterocycles. The molecule has 0 rings (SSSR count). The summed E-state index contributed by atoms with van der Waals surface area (Å²) in [6.07, 6.45) is 2.71. The molecule has 6 nitrogen and oxygen atoms in total. The monoisotopic (exact) mass is 515 g/mol. The van der Waals surface area contributed by atoms with E-state index in [1.807, 2.05) is 14.0 Å². The Morgan fingerprint density at radius 2 is 1.75 bits per heavy atom. The molecule has 2 unspecified atom stereocenters. The maximum absolute atomic E-state index is 6.72. The third-order valence-electron chi connectivity index (χ3n) is 4.28. The number of rotatable bonds is 10. The van der Waals surface area contributed by atoms with Gasteiger partial charge in [0, 0.05) is 0 Å². The average molecular weight is 515 g/mol. The minimum absolute atomic E-state index is 0.104. The van der Waals surface area contributed by atoms with E-state index in [2.05, 4.69) is 54.1 Å². The van der Waals surface area contributed by atoms with Crippen molar-refractivity contribution >= 4 is 22.9 Å². The van der Waals surface area contributed by atoms with Crippen LogP contribution in [0, 0.1) is 0 Å². The molecule has 0 bridgehead atoms. The number of quaternary nitrogens is 1. The Morgan fingerprint density at radius 3 is 2.05 bits per heavy atom. The van der Waals surface area contributed by atoms with Gasteiger partial charge in [-0.25, -0.2) is 0 Å². The predicted molar refractivity (Wildman–Crippen MR) is 87.2 cm³/mol. The Balaban J connectivity index is 5.43. The van der Waals surface area contributed by atoms with Crippen molar-refractivity contribution in [2.24, 2.45) is 11.7 Å². The van der Waals surface area contributed by atoms with E-state index in [-0.39, 0.29) is 8.51 Å². The molecule has 0 heterocycles. The molecule has 0 radical (unpaired) electrons. The van der Waals surface area contributed by atoms with Crippen molar-refractivity contribution < 1.29 is 29.3 Å². The summed E-state index contributed by atoms with van der Waals surface area (Å²) in [5, 5.41) is 1.62. The number of nitrogens with zero attached hydrogens (tertiary/aromatic N) is 2. The number of hydroxylamine groups is 1. The summed E-state index contributed by atoms with van der Waals surface area (Å²) >= 11 is 1.73. The van der Waals surface area contributed by atoms with Crippen LogP contribution in [0.4, 0.5) is 0 Å². The maximum atomic E-state index is 6.72. The summed E-state index contributed by atoms with van der Waals surface area (Å²) in [5.74, 6) is 12.7. The average Bonchev–Trinajstić information content (AvgIpc) is 2.43. The minimum atomic E-state index is -0.564. The SMILES string of the molecule is CCC(C)(O[N+](N)([I-]CNI)C(C)(CC)CC)N(C)N. The third-order valence-corrected chi connectivity index (χ3v) is 9.22. The predicted octanol–water partition coefficient (Wildman–Crippen LogP) is -0.980. The van der Waals surface area contributed by atoms with E-state index in [1.54, 1.807) is 5.01 Å². The molecule has 0 saturated heterocycles. The number of nitrogens with one attached hydrogen (secondary N) is 1. The molecular formula is C12H31I2N5O. The van der Waals surface area contributed by atoms with Crippen LogP contribution in [-0.2, 0) is 4.84 Å². The summed E-state index contributed by atoms with van der Waals surface area (Å²) in [4.78, 5) is 6.41. The summed E-state index contributed by atoms with van der Waals surface area (Å²) in [7, 11) is 1.83. The van der Waals surface area contributed by atoms with Crippen molar-refractivity contribution in [2.45, 2.75) is 65.1 Å². The third kappa shape index (κ3) is 4.86. The van der Waals surface area contributed by atoms with E-state index in [0.29, 0.717) is 0 Å². The number of alkyl halides is 1. The van der Waals surface area contributed by atoms with E-state index < -0.39 is 27.2 Å². The van der Waals surface area contributed by atoms with Gasteiger partial charge in [-0.3, -0.25) is 0 Å². The zero-order valence-electron chi connectivity index (χ0n) is 13.5. The molecule has 0 aliphatic carbocycles. The number of halogens is 2. The molecule has 5 N–H and O–H groups in total. The first kappa shape index (κ1) is 21.2. The van der Waals surface area contributed by atoms with E-state index in [1.165, 1.54) is 0 Å². The van der Waals surface area contributed by atoms with Crippen LogP contribution in [0.15, 0.2) is 0 Å². The van der Waals surface area contributed by atoms with Crippen LogP contribution in [0.1, 0.15) is 53.9 Å². The molecule has 0 spiro atoms. The summed E-state index contributed by atoms with van der Waals surface area (Å²) in [5.41, 5.74) is -0.668. The first-order valence-corrected chi connectivity index (χ1v) is 10.5. The van der Waals surface area contributed by atoms with Crippen LogP contribution < -0.4 is 36.7 Å². The van der Waals surface area contributed by atoms with Crippen molar-refractivity contribution in [1.82, 2.24) is 8.54 Å². The van der Waals surface area contributed by atoms with Crippen molar-refractivity contribution in [3.63, 3.8) is 0 Å². The van der Waals surface area contributed by atoms with Crippen molar-refractivity contribution in [3.05, 3.63) is 0 Å². The van der Waals surface area contributed by atoms with Crippen molar-refractivity contribution in [3.8, 4) is 0 Å². The van der Waals surface area contributed by atoms with Crippen LogP contribution in [0.3, 0.4) is 0 Å². The summed E-state index contributed by atoms with van der Waals surface area (Å²) in [6.45, 7) is 10.6. The second-order valence-electron chi connectivity index (χ2n) is 5.40. The van der Waals surface area contributed by atoms with Crippen molar-refractivity contribution in [2.75, 3.05) is 11.6 Å². The molecule has 0 saturated carbocycles. The number of hydrazine groups is 1. The van der Waals surface area contributed by atoms with Crippen LogP contribution in [0.25, 0.3) is 0 Å². The number of hydrogen-bond donors (Lipinski definition) is 3. The molecule has 8 heteroatoms. The molecule has 0 aliphatic rings. The topological polar surface area (TPSA) is 76.5 Å². The Labute approximate surface area is 148 Å². The zero-order chi connectivity index (χ0) is 16.0. The van der Waals surface area contributed by atoms with E-state index in [4.69, 9.17) is 16.5 Å². The molecule has 2 atom stereocenters. The molecule has 0 aromatic carbocycles. The standard InChI is InChI=1S/C12H31I2N5O/c1-7-11(4,8-2)19(16,14-10-17-13)20-12(5,9-3)18(6)15/h17H,7-10,15-16H2,1-6H3. The van der Waals surface area contributed by atoms with E-state index in [9.17, 15) is 0 Å². The van der Waals surface area contributed by atoms with E-state index >= 15 is 0 Å². The van der Waals surface area contributed by atoms with Gasteiger partial charge in [0.05, 0.1) is 0 Å². The van der Waals surface area contributed by atoms with E-state index in [0.717, 1.165) is 23.8 Å². The zero-order valence-corrected chi connectivity index (χ0v) is 17.9. The van der Waals surface area contributed by atoms with Gasteiger partial charge in [-0.05, 0) is 0 Å². The Hall–Kier alpha value is 1.22. The fraction of sp³-hybridized carbons (Fsp3) is 1.00. The molecule has 20 heavy (non-hydrogen) atoms. The normalized spacial score (nSPS) is 19.1. The summed E-state index contributed by atoms with van der Waals surface area (Å²) in [6, 6.07) is 0. The quantitative estimate of drug-likeness (QED) is 0.0664. The Morgan fingerprint density at radius 1 is 1.25 bits per heavy atom. The first-order valence-electron chi connectivity index (χ1n) is 6.96. The van der Waals surface area contributed by atoms with Gasteiger partial charge < -0.3 is 0 Å². The van der Waals surface area contributed by atoms with Gasteiger partial charge in [0.1, 0.15) is 0 Å². The van der Waals surface area contributed by atoms with Crippen LogP contribution in [0.2, 0.25) is 0 Å². The van der Waals surface area contributed by atoms with Gasteiger partial charge in [-0.15, -0.1) is 0 Å². The van der Waals surface area contributed by atoms with Crippen LogP contribution in [-0.4, -0.2) is 30.8 Å². The fourth-order valence-electron chi connectivity index (χ4n) is 1.74.